The molecule has 0 fully saturated rings. The minimum Gasteiger partial charge on any atom is -0.395 e. The molecule has 1 amide bonds. The maximum absolute atomic E-state index is 12.1. The van der Waals surface area contributed by atoms with Crippen molar-refractivity contribution >= 4 is 23.3 Å². The average molecular weight is 279 g/mol. The fourth-order valence-corrected chi connectivity index (χ4v) is 2.48. The number of aliphatic hydroxyl groups is 1. The summed E-state index contributed by atoms with van der Waals surface area (Å²) in [6.45, 7) is 1.92. The number of thioether (sulfide) groups is 1. The predicted octanol–water partition coefficient (Wildman–Crippen LogP) is 1.18. The highest BCUT2D eigenvalue weighted by atomic mass is 32.2. The van der Waals surface area contributed by atoms with Gasteiger partial charge in [-0.2, -0.15) is 11.8 Å². The van der Waals surface area contributed by atoms with Crippen molar-refractivity contribution in [3.05, 3.63) is 36.3 Å². The Bertz CT molecular complexity index is 533. The monoisotopic (exact) mass is 279 g/mol. The first kappa shape index (κ1) is 13.9. The number of nitrogens with zero attached hydrogens (tertiary/aromatic N) is 2. The molecule has 2 N–H and O–H groups in total. The van der Waals surface area contributed by atoms with Crippen molar-refractivity contribution in [1.29, 1.82) is 0 Å². The summed E-state index contributed by atoms with van der Waals surface area (Å²) < 4.78 is 1.80. The number of imidazole rings is 1. The first-order valence-corrected chi connectivity index (χ1v) is 7.32. The van der Waals surface area contributed by atoms with E-state index < -0.39 is 0 Å². The van der Waals surface area contributed by atoms with E-state index in [1.165, 1.54) is 11.8 Å². The van der Waals surface area contributed by atoms with E-state index in [1.807, 2.05) is 37.6 Å². The van der Waals surface area contributed by atoms with Crippen LogP contribution in [0.25, 0.3) is 5.65 Å². The number of rotatable bonds is 5. The molecule has 0 saturated heterocycles. The van der Waals surface area contributed by atoms with Crippen molar-refractivity contribution in [3.63, 3.8) is 0 Å². The highest BCUT2D eigenvalue weighted by molar-refractivity contribution is 7.99. The summed E-state index contributed by atoms with van der Waals surface area (Å²) in [7, 11) is 0. The minimum absolute atomic E-state index is 0.0130. The lowest BCUT2D eigenvalue weighted by atomic mass is 10.2. The molecule has 0 aromatic carbocycles. The lowest BCUT2D eigenvalue weighted by Crippen LogP contribution is -2.41. The van der Waals surface area contributed by atoms with Crippen LogP contribution in [0.4, 0.5) is 0 Å². The van der Waals surface area contributed by atoms with Crippen LogP contribution in [-0.4, -0.2) is 44.6 Å². The van der Waals surface area contributed by atoms with Crippen molar-refractivity contribution in [3.8, 4) is 0 Å². The molecule has 0 aliphatic carbocycles. The number of pyridine rings is 1. The molecule has 0 saturated carbocycles. The number of amides is 1. The molecule has 2 rings (SSSR count). The minimum atomic E-state index is -0.219. The first-order valence-electron chi connectivity index (χ1n) is 6.04. The van der Waals surface area contributed by atoms with E-state index >= 15 is 0 Å². The van der Waals surface area contributed by atoms with Gasteiger partial charge in [-0.1, -0.05) is 6.07 Å². The SMILES string of the molecule is CSC(CO)C(C)NC(=O)c1cn2ccccc2n1. The van der Waals surface area contributed by atoms with Crippen LogP contribution in [0.5, 0.6) is 0 Å². The second-order valence-electron chi connectivity index (χ2n) is 4.31. The molecule has 2 atom stereocenters. The molecule has 2 aromatic rings. The number of aliphatic hydroxyl groups excluding tert-OH is 1. The fourth-order valence-electron chi connectivity index (χ4n) is 1.85. The molecule has 6 heteroatoms. The quantitative estimate of drug-likeness (QED) is 0.862. The van der Waals surface area contributed by atoms with Gasteiger partial charge < -0.3 is 14.8 Å². The second-order valence-corrected chi connectivity index (χ2v) is 5.39. The molecule has 5 nitrogen and oxygen atoms in total. The van der Waals surface area contributed by atoms with Gasteiger partial charge in [0.2, 0.25) is 0 Å². The van der Waals surface area contributed by atoms with Crippen molar-refractivity contribution in [2.24, 2.45) is 0 Å². The highest BCUT2D eigenvalue weighted by Crippen LogP contribution is 2.11. The molecule has 2 aromatic heterocycles. The number of carbonyl (C=O) groups excluding carboxylic acids is 1. The van der Waals surface area contributed by atoms with Crippen LogP contribution in [0, 0.1) is 0 Å². The van der Waals surface area contributed by atoms with E-state index in [0.29, 0.717) is 5.69 Å². The largest absolute Gasteiger partial charge is 0.395 e. The molecule has 102 valence electrons. The third-order valence-electron chi connectivity index (χ3n) is 3.00. The molecule has 2 unspecified atom stereocenters. The summed E-state index contributed by atoms with van der Waals surface area (Å²) >= 11 is 1.53. The molecule has 19 heavy (non-hydrogen) atoms. The van der Waals surface area contributed by atoms with Crippen molar-refractivity contribution < 1.29 is 9.90 Å². The number of carbonyl (C=O) groups is 1. The van der Waals surface area contributed by atoms with Crippen molar-refractivity contribution in [2.75, 3.05) is 12.9 Å². The third kappa shape index (κ3) is 3.08. The van der Waals surface area contributed by atoms with Gasteiger partial charge in [-0.25, -0.2) is 4.98 Å². The van der Waals surface area contributed by atoms with Gasteiger partial charge in [-0.15, -0.1) is 0 Å². The van der Waals surface area contributed by atoms with Crippen LogP contribution in [0.1, 0.15) is 17.4 Å². The summed E-state index contributed by atoms with van der Waals surface area (Å²) in [5, 5.41) is 12.1. The molecular formula is C13H17N3O2S. The van der Waals surface area contributed by atoms with Gasteiger partial charge >= 0.3 is 0 Å². The maximum Gasteiger partial charge on any atom is 0.271 e. The Morgan fingerprint density at radius 3 is 3.00 bits per heavy atom. The number of nitrogens with one attached hydrogen (secondary N) is 1. The van der Waals surface area contributed by atoms with Crippen LogP contribution in [-0.2, 0) is 0 Å². The standard InChI is InChI=1S/C13H17N3O2S/c1-9(11(8-17)19-2)14-13(18)10-7-16-6-4-3-5-12(16)15-10/h3-7,9,11,17H,8H2,1-2H3,(H,14,18). The van der Waals surface area contributed by atoms with E-state index in [-0.39, 0.29) is 23.8 Å². The highest BCUT2D eigenvalue weighted by Gasteiger charge is 2.19. The Labute approximate surface area is 116 Å². The summed E-state index contributed by atoms with van der Waals surface area (Å²) in [6, 6.07) is 5.49. The lowest BCUT2D eigenvalue weighted by Gasteiger charge is -2.20. The molecule has 0 aliphatic heterocycles. The van der Waals surface area contributed by atoms with E-state index in [1.54, 1.807) is 10.6 Å². The van der Waals surface area contributed by atoms with Gasteiger partial charge in [0.1, 0.15) is 11.3 Å². The Kier molecular flexibility index (Phi) is 4.44. The molecule has 0 aliphatic rings. The van der Waals surface area contributed by atoms with E-state index in [2.05, 4.69) is 10.3 Å². The Hall–Kier alpha value is -1.53. The van der Waals surface area contributed by atoms with Gasteiger partial charge in [-0.05, 0) is 25.3 Å². The Morgan fingerprint density at radius 1 is 1.58 bits per heavy atom. The number of hydrogen-bond acceptors (Lipinski definition) is 4. The van der Waals surface area contributed by atoms with Crippen molar-refractivity contribution in [2.45, 2.75) is 18.2 Å². The average Bonchev–Trinajstić information content (AvgIpc) is 2.84. The smallest absolute Gasteiger partial charge is 0.271 e. The zero-order valence-electron chi connectivity index (χ0n) is 10.9. The number of hydrogen-bond donors (Lipinski definition) is 2. The van der Waals surface area contributed by atoms with Crippen molar-refractivity contribution in [1.82, 2.24) is 14.7 Å². The van der Waals surface area contributed by atoms with E-state index in [4.69, 9.17) is 0 Å². The van der Waals surface area contributed by atoms with Crippen LogP contribution in [0.2, 0.25) is 0 Å². The maximum atomic E-state index is 12.1. The molecule has 0 spiro atoms. The predicted molar refractivity (Wildman–Crippen MR) is 76.5 cm³/mol. The number of aromatic nitrogens is 2. The summed E-state index contributed by atoms with van der Waals surface area (Å²) in [5.74, 6) is -0.219. The number of fused-ring (bicyclic) bond motifs is 1. The van der Waals surface area contributed by atoms with Crippen LogP contribution >= 0.6 is 11.8 Å². The Balaban J connectivity index is 2.11. The first-order chi connectivity index (χ1) is 9.15. The van der Waals surface area contributed by atoms with Gasteiger partial charge in [0.15, 0.2) is 0 Å². The third-order valence-corrected chi connectivity index (χ3v) is 4.16. The van der Waals surface area contributed by atoms with Crippen LogP contribution in [0.3, 0.4) is 0 Å². The fraction of sp³-hybridized carbons (Fsp3) is 0.385. The van der Waals surface area contributed by atoms with E-state index in [0.717, 1.165) is 5.65 Å². The molecular weight excluding hydrogens is 262 g/mol. The summed E-state index contributed by atoms with van der Waals surface area (Å²) in [6.07, 6.45) is 5.46. The molecule has 0 bridgehead atoms. The summed E-state index contributed by atoms with van der Waals surface area (Å²) in [4.78, 5) is 16.3. The zero-order valence-corrected chi connectivity index (χ0v) is 11.7. The molecule has 0 radical (unpaired) electrons. The normalized spacial score (nSPS) is 14.3. The van der Waals surface area contributed by atoms with Gasteiger partial charge in [0, 0.05) is 23.7 Å². The second kappa shape index (κ2) is 6.08. The van der Waals surface area contributed by atoms with Gasteiger partial charge in [0.25, 0.3) is 5.91 Å². The molecule has 2 heterocycles. The zero-order chi connectivity index (χ0) is 13.8. The van der Waals surface area contributed by atoms with Crippen LogP contribution in [0.15, 0.2) is 30.6 Å². The van der Waals surface area contributed by atoms with Gasteiger partial charge in [0.05, 0.1) is 6.61 Å². The van der Waals surface area contributed by atoms with Crippen LogP contribution < -0.4 is 5.32 Å². The summed E-state index contributed by atoms with van der Waals surface area (Å²) in [5.41, 5.74) is 1.12. The Morgan fingerprint density at radius 2 is 2.37 bits per heavy atom. The van der Waals surface area contributed by atoms with Gasteiger partial charge in [-0.3, -0.25) is 4.79 Å². The topological polar surface area (TPSA) is 66.6 Å². The van der Waals surface area contributed by atoms with E-state index in [9.17, 15) is 9.90 Å². The lowest BCUT2D eigenvalue weighted by molar-refractivity contribution is 0.0931.